The zero-order valence-electron chi connectivity index (χ0n) is 27.5. The Labute approximate surface area is 276 Å². The Morgan fingerprint density at radius 2 is 1.34 bits per heavy atom. The van der Waals surface area contributed by atoms with Gasteiger partial charge in [-0.2, -0.15) is 0 Å². The molecule has 8 heteroatoms. The molecule has 0 aliphatic carbocycles. The fraction of sp³-hybridized carbons (Fsp3) is 0.333. The number of aryl methyl sites for hydroxylation is 1. The normalized spacial score (nSPS) is 20.1. The molecule has 0 spiro atoms. The highest BCUT2D eigenvalue weighted by Crippen LogP contribution is 2.36. The number of hydrogen-bond donors (Lipinski definition) is 0. The van der Waals surface area contributed by atoms with Crippen LogP contribution in [0.1, 0.15) is 76.6 Å². The number of rotatable bonds is 6. The first kappa shape index (κ1) is 30.7. The van der Waals surface area contributed by atoms with Crippen LogP contribution in [0.5, 0.6) is 11.5 Å². The summed E-state index contributed by atoms with van der Waals surface area (Å²) in [6, 6.07) is 15.6. The molecule has 4 aliphatic rings. The number of ether oxygens (including phenoxy) is 2. The van der Waals surface area contributed by atoms with Gasteiger partial charge in [-0.15, -0.1) is 0 Å². The van der Waals surface area contributed by atoms with E-state index in [9.17, 15) is 9.59 Å². The van der Waals surface area contributed by atoms with Gasteiger partial charge >= 0.3 is 0 Å². The summed E-state index contributed by atoms with van der Waals surface area (Å²) < 4.78 is 12.6. The first-order chi connectivity index (χ1) is 22.4. The molecule has 7 rings (SSSR count). The van der Waals surface area contributed by atoms with E-state index in [4.69, 9.17) is 9.47 Å². The van der Waals surface area contributed by atoms with Gasteiger partial charge in [-0.25, -0.2) is 0 Å². The average Bonchev–Trinajstić information content (AvgIpc) is 3.54. The zero-order chi connectivity index (χ0) is 33.0. The number of carbonyl (C=O) groups excluding carboxylic acids is 2. The van der Waals surface area contributed by atoms with Gasteiger partial charge in [0.05, 0.1) is 34.6 Å². The Morgan fingerprint density at radius 1 is 0.766 bits per heavy atom. The van der Waals surface area contributed by atoms with E-state index in [0.29, 0.717) is 60.3 Å². The van der Waals surface area contributed by atoms with Crippen LogP contribution in [0.15, 0.2) is 82.8 Å². The van der Waals surface area contributed by atoms with Crippen molar-refractivity contribution >= 4 is 35.6 Å². The van der Waals surface area contributed by atoms with Crippen molar-refractivity contribution in [3.05, 3.63) is 106 Å². The first-order valence-corrected chi connectivity index (χ1v) is 16.1. The minimum Gasteiger partial charge on any atom is -0.489 e. The van der Waals surface area contributed by atoms with Crippen LogP contribution in [0, 0.1) is 6.92 Å². The van der Waals surface area contributed by atoms with E-state index in [1.165, 1.54) is 5.56 Å². The highest BCUT2D eigenvalue weighted by atomic mass is 16.5. The molecule has 0 bridgehead atoms. The highest BCUT2D eigenvalue weighted by Gasteiger charge is 2.35. The SMILES string of the molecule is C=C1C[C@H]2C=Nc3cc(OCc4cc(COc5cc6c(cc5C)C(=O)N5CC(=C)C[C@H]5C=N6)cc(C(C)(C)C)c4)ccc3C(=O)N2C1. The fourth-order valence-electron chi connectivity index (χ4n) is 6.70. The molecule has 8 nitrogen and oxygen atoms in total. The second-order valence-electron chi connectivity index (χ2n) is 14.1. The zero-order valence-corrected chi connectivity index (χ0v) is 27.5. The van der Waals surface area contributed by atoms with Crippen molar-refractivity contribution < 1.29 is 19.1 Å². The van der Waals surface area contributed by atoms with Crippen molar-refractivity contribution in [1.29, 1.82) is 0 Å². The van der Waals surface area contributed by atoms with Crippen LogP contribution >= 0.6 is 0 Å². The molecule has 0 unspecified atom stereocenters. The van der Waals surface area contributed by atoms with Crippen LogP contribution in [0.2, 0.25) is 0 Å². The van der Waals surface area contributed by atoms with E-state index in [-0.39, 0.29) is 29.3 Å². The van der Waals surface area contributed by atoms with Crippen LogP contribution in [-0.4, -0.2) is 59.2 Å². The summed E-state index contributed by atoms with van der Waals surface area (Å²) in [6.45, 7) is 18.5. The summed E-state index contributed by atoms with van der Waals surface area (Å²) in [7, 11) is 0. The lowest BCUT2D eigenvalue weighted by atomic mass is 9.85. The van der Waals surface area contributed by atoms with E-state index >= 15 is 0 Å². The maximum absolute atomic E-state index is 13.3. The number of aliphatic imine (C=N–C) groups is 2. The van der Waals surface area contributed by atoms with E-state index in [0.717, 1.165) is 40.7 Å². The summed E-state index contributed by atoms with van der Waals surface area (Å²) in [5.74, 6) is 1.31. The Balaban J connectivity index is 1.09. The standard InChI is InChI=1S/C39H40N4O4/c1-23-9-29-17-40-34-15-31(7-8-32(34)37(44)42(29)19-23)46-21-26-12-27(14-28(13-26)39(4,5)6)22-47-36-16-35-33(11-25(36)3)38(45)43-20-24(2)10-30(43)18-41-35/h7-8,11-18,29-30H,1-2,9-10,19-22H2,3-6H3/t29-,30-/m0/s1. The molecule has 0 radical (unpaired) electrons. The molecule has 0 aromatic heterocycles. The Kier molecular flexibility index (Phi) is 7.62. The second-order valence-corrected chi connectivity index (χ2v) is 14.1. The molecular formula is C39H40N4O4. The number of fused-ring (bicyclic) bond motifs is 4. The van der Waals surface area contributed by atoms with Gasteiger partial charge < -0.3 is 19.3 Å². The van der Waals surface area contributed by atoms with Gasteiger partial charge in [0.1, 0.15) is 24.7 Å². The Bertz CT molecular complexity index is 1900. The van der Waals surface area contributed by atoms with Crippen molar-refractivity contribution in [2.45, 2.75) is 71.2 Å². The molecular weight excluding hydrogens is 588 g/mol. The van der Waals surface area contributed by atoms with Crippen LogP contribution in [-0.2, 0) is 18.6 Å². The van der Waals surface area contributed by atoms with Crippen LogP contribution in [0.4, 0.5) is 11.4 Å². The van der Waals surface area contributed by atoms with Gasteiger partial charge in [-0.05, 0) is 71.7 Å². The van der Waals surface area contributed by atoms with Crippen molar-refractivity contribution in [2.75, 3.05) is 13.1 Å². The molecule has 2 fully saturated rings. The van der Waals surface area contributed by atoms with E-state index in [1.54, 1.807) is 6.07 Å². The van der Waals surface area contributed by atoms with E-state index in [1.807, 2.05) is 53.4 Å². The van der Waals surface area contributed by atoms with Gasteiger partial charge in [-0.3, -0.25) is 19.6 Å². The smallest absolute Gasteiger partial charge is 0.256 e. The molecule has 2 saturated heterocycles. The summed E-state index contributed by atoms with van der Waals surface area (Å²) >= 11 is 0. The number of benzene rings is 3. The van der Waals surface area contributed by atoms with Crippen LogP contribution in [0.25, 0.3) is 0 Å². The van der Waals surface area contributed by atoms with Crippen LogP contribution in [0.3, 0.4) is 0 Å². The predicted octanol–water partition coefficient (Wildman–Crippen LogP) is 7.42. The molecule has 3 aromatic rings. The summed E-state index contributed by atoms with van der Waals surface area (Å²) in [5.41, 5.74) is 8.52. The molecule has 0 N–H and O–H groups in total. The summed E-state index contributed by atoms with van der Waals surface area (Å²) in [6.07, 6.45) is 5.20. The molecule has 4 heterocycles. The van der Waals surface area contributed by atoms with Crippen molar-refractivity contribution in [3.63, 3.8) is 0 Å². The highest BCUT2D eigenvalue weighted by molar-refractivity contribution is 6.04. The topological polar surface area (TPSA) is 83.8 Å². The molecule has 47 heavy (non-hydrogen) atoms. The average molecular weight is 629 g/mol. The van der Waals surface area contributed by atoms with Crippen molar-refractivity contribution in [2.24, 2.45) is 9.98 Å². The minimum absolute atomic E-state index is 0.0159. The lowest BCUT2D eigenvalue weighted by Gasteiger charge is -2.22. The second kappa shape index (κ2) is 11.7. The molecule has 3 aromatic carbocycles. The molecule has 4 aliphatic heterocycles. The maximum atomic E-state index is 13.3. The van der Waals surface area contributed by atoms with Crippen molar-refractivity contribution in [1.82, 2.24) is 9.80 Å². The summed E-state index contributed by atoms with van der Waals surface area (Å²) in [4.78, 5) is 39.5. The molecule has 2 atom stereocenters. The fourth-order valence-corrected chi connectivity index (χ4v) is 6.70. The van der Waals surface area contributed by atoms with Crippen LogP contribution < -0.4 is 9.47 Å². The third-order valence-corrected chi connectivity index (χ3v) is 9.32. The lowest BCUT2D eigenvalue weighted by molar-refractivity contribution is 0.0770. The predicted molar refractivity (Wildman–Crippen MR) is 185 cm³/mol. The Hall–Kier alpha value is -4.98. The third kappa shape index (κ3) is 6.00. The maximum Gasteiger partial charge on any atom is 0.256 e. The van der Waals surface area contributed by atoms with Gasteiger partial charge in [0.2, 0.25) is 0 Å². The van der Waals surface area contributed by atoms with Gasteiger partial charge in [0.25, 0.3) is 11.8 Å². The molecule has 2 amide bonds. The first-order valence-electron chi connectivity index (χ1n) is 16.1. The van der Waals surface area contributed by atoms with Gasteiger partial charge in [-0.1, -0.05) is 57.2 Å². The largest absolute Gasteiger partial charge is 0.489 e. The quantitative estimate of drug-likeness (QED) is 0.266. The van der Waals surface area contributed by atoms with E-state index in [2.05, 4.69) is 62.1 Å². The van der Waals surface area contributed by atoms with Gasteiger partial charge in [0.15, 0.2) is 0 Å². The Morgan fingerprint density at radius 3 is 1.96 bits per heavy atom. The lowest BCUT2D eigenvalue weighted by Crippen LogP contribution is -2.35. The van der Waals surface area contributed by atoms with Gasteiger partial charge in [0, 0.05) is 37.7 Å². The van der Waals surface area contributed by atoms with E-state index < -0.39 is 0 Å². The van der Waals surface area contributed by atoms with Crippen molar-refractivity contribution in [3.8, 4) is 11.5 Å². The third-order valence-electron chi connectivity index (χ3n) is 9.32. The number of nitrogens with zero attached hydrogens (tertiary/aromatic N) is 4. The molecule has 0 saturated carbocycles. The molecule has 240 valence electrons. The number of hydrogen-bond acceptors (Lipinski definition) is 6. The summed E-state index contributed by atoms with van der Waals surface area (Å²) in [5, 5.41) is 0. The number of amides is 2. The number of carbonyl (C=O) groups is 2. The minimum atomic E-state index is -0.0869. The monoisotopic (exact) mass is 628 g/mol.